The summed E-state index contributed by atoms with van der Waals surface area (Å²) in [6, 6.07) is 2.05. The maximum absolute atomic E-state index is 11.9. The van der Waals surface area contributed by atoms with Gasteiger partial charge in [0.25, 0.3) is 0 Å². The quantitative estimate of drug-likeness (QED) is 0.854. The van der Waals surface area contributed by atoms with Gasteiger partial charge < -0.3 is 10.3 Å². The highest BCUT2D eigenvalue weighted by Crippen LogP contribution is 2.17. The molecule has 0 radical (unpaired) electrons. The van der Waals surface area contributed by atoms with Crippen molar-refractivity contribution in [2.24, 2.45) is 5.73 Å². The summed E-state index contributed by atoms with van der Waals surface area (Å²) in [5.74, 6) is 0.641. The smallest absolute Gasteiger partial charge is 0.240 e. The van der Waals surface area contributed by atoms with Gasteiger partial charge >= 0.3 is 0 Å². The Kier molecular flexibility index (Phi) is 4.55. The normalized spacial score (nSPS) is 17.9. The van der Waals surface area contributed by atoms with Crippen LogP contribution in [0.4, 0.5) is 5.88 Å². The van der Waals surface area contributed by atoms with Crippen LogP contribution in [0.1, 0.15) is 38.3 Å². The van der Waals surface area contributed by atoms with E-state index >= 15 is 0 Å². The minimum Gasteiger partial charge on any atom is -0.338 e. The van der Waals surface area contributed by atoms with Crippen LogP contribution in [0, 0.1) is 0 Å². The predicted molar refractivity (Wildman–Crippen MR) is 72.9 cm³/mol. The molecule has 1 saturated heterocycles. The average molecular weight is 266 g/mol. The lowest BCUT2D eigenvalue weighted by molar-refractivity contribution is -0.117. The third-order valence-electron chi connectivity index (χ3n) is 3.38. The molecule has 6 heteroatoms. The second-order valence-electron chi connectivity index (χ2n) is 5.43. The summed E-state index contributed by atoms with van der Waals surface area (Å²) in [7, 11) is 0. The summed E-state index contributed by atoms with van der Waals surface area (Å²) < 4.78 is 5.08. The molecule has 1 aliphatic rings. The summed E-state index contributed by atoms with van der Waals surface area (Å²) in [6.07, 6.45) is 1.90. The minimum atomic E-state index is -0.0677. The van der Waals surface area contributed by atoms with Crippen LogP contribution in [0.2, 0.25) is 0 Å². The molecule has 2 rings (SSSR count). The summed E-state index contributed by atoms with van der Waals surface area (Å²) in [4.78, 5) is 14.0. The zero-order valence-corrected chi connectivity index (χ0v) is 11.6. The molecule has 0 unspecified atom stereocenters. The number of likely N-dealkylation sites (tertiary alicyclic amines) is 1. The first-order chi connectivity index (χ1) is 9.04. The lowest BCUT2D eigenvalue weighted by Crippen LogP contribution is -2.43. The van der Waals surface area contributed by atoms with Crippen molar-refractivity contribution in [3.8, 4) is 0 Å². The Bertz CT molecular complexity index is 422. The molecular formula is C13H22N4O2. The Morgan fingerprint density at radius 3 is 2.84 bits per heavy atom. The molecule has 6 nitrogen and oxygen atoms in total. The van der Waals surface area contributed by atoms with E-state index in [1.165, 1.54) is 0 Å². The van der Waals surface area contributed by atoms with E-state index < -0.39 is 0 Å². The van der Waals surface area contributed by atoms with E-state index in [-0.39, 0.29) is 17.9 Å². The summed E-state index contributed by atoms with van der Waals surface area (Å²) in [5.41, 5.74) is 6.68. The van der Waals surface area contributed by atoms with Gasteiger partial charge in [0, 0.05) is 25.2 Å². The van der Waals surface area contributed by atoms with Gasteiger partial charge in [0.15, 0.2) is 0 Å². The highest BCUT2D eigenvalue weighted by molar-refractivity contribution is 5.90. The van der Waals surface area contributed by atoms with Crippen molar-refractivity contribution in [1.82, 2.24) is 10.1 Å². The molecule has 1 fully saturated rings. The van der Waals surface area contributed by atoms with E-state index in [0.29, 0.717) is 12.4 Å². The molecule has 1 aromatic heterocycles. The third kappa shape index (κ3) is 4.04. The number of piperidine rings is 1. The Hall–Kier alpha value is -1.40. The van der Waals surface area contributed by atoms with Gasteiger partial charge in [0.1, 0.15) is 0 Å². The van der Waals surface area contributed by atoms with Crippen molar-refractivity contribution in [2.45, 2.75) is 38.6 Å². The number of nitrogens with two attached hydrogens (primary N) is 1. The van der Waals surface area contributed by atoms with Crippen molar-refractivity contribution in [3.63, 3.8) is 0 Å². The molecule has 0 saturated carbocycles. The Morgan fingerprint density at radius 1 is 1.58 bits per heavy atom. The van der Waals surface area contributed by atoms with Crippen molar-refractivity contribution in [1.29, 1.82) is 0 Å². The zero-order chi connectivity index (χ0) is 13.8. The van der Waals surface area contributed by atoms with E-state index in [1.807, 2.05) is 13.8 Å². The molecule has 0 aromatic carbocycles. The lowest BCUT2D eigenvalue weighted by Gasteiger charge is -2.29. The molecule has 106 valence electrons. The standard InChI is InChI=1S/C13H22N4O2/c1-9(2)11-7-13(19-16-11)15-12(18)8-17-5-3-10(14)4-6-17/h7,9-10H,3-6,8,14H2,1-2H3,(H,15,18). The summed E-state index contributed by atoms with van der Waals surface area (Å²) in [6.45, 7) is 6.19. The highest BCUT2D eigenvalue weighted by Gasteiger charge is 2.19. The van der Waals surface area contributed by atoms with Crippen LogP contribution in [-0.4, -0.2) is 41.6 Å². The first-order valence-corrected chi connectivity index (χ1v) is 6.79. The molecule has 0 spiro atoms. The lowest BCUT2D eigenvalue weighted by atomic mass is 10.1. The van der Waals surface area contributed by atoms with Crippen LogP contribution >= 0.6 is 0 Å². The fourth-order valence-electron chi connectivity index (χ4n) is 2.11. The molecule has 1 amide bonds. The number of hydrogen-bond acceptors (Lipinski definition) is 5. The van der Waals surface area contributed by atoms with Gasteiger partial charge in [-0.2, -0.15) is 0 Å². The molecule has 0 bridgehead atoms. The maximum atomic E-state index is 11.9. The van der Waals surface area contributed by atoms with Crippen molar-refractivity contribution in [3.05, 3.63) is 11.8 Å². The van der Waals surface area contributed by atoms with Gasteiger partial charge in [0.2, 0.25) is 11.8 Å². The summed E-state index contributed by atoms with van der Waals surface area (Å²) >= 11 is 0. The first-order valence-electron chi connectivity index (χ1n) is 6.79. The number of nitrogens with one attached hydrogen (secondary N) is 1. The highest BCUT2D eigenvalue weighted by atomic mass is 16.5. The van der Waals surface area contributed by atoms with Crippen molar-refractivity contribution < 1.29 is 9.32 Å². The van der Waals surface area contributed by atoms with Crippen LogP contribution in [0.15, 0.2) is 10.6 Å². The summed E-state index contributed by atoms with van der Waals surface area (Å²) in [5, 5.41) is 6.64. The number of aromatic nitrogens is 1. The van der Waals surface area contributed by atoms with Gasteiger partial charge in [-0.05, 0) is 18.8 Å². The fraction of sp³-hybridized carbons (Fsp3) is 0.692. The third-order valence-corrected chi connectivity index (χ3v) is 3.38. The molecule has 19 heavy (non-hydrogen) atoms. The van der Waals surface area contributed by atoms with Crippen molar-refractivity contribution in [2.75, 3.05) is 25.0 Å². The number of rotatable bonds is 4. The van der Waals surface area contributed by atoms with Gasteiger partial charge in [-0.15, -0.1) is 0 Å². The SMILES string of the molecule is CC(C)c1cc(NC(=O)CN2CCC(N)CC2)on1. The molecule has 1 aromatic rings. The topological polar surface area (TPSA) is 84.4 Å². The Balaban J connectivity index is 1.80. The number of amides is 1. The maximum Gasteiger partial charge on any atom is 0.240 e. The first kappa shape index (κ1) is 14.0. The minimum absolute atomic E-state index is 0.0677. The van der Waals surface area contributed by atoms with Crippen LogP contribution in [0.25, 0.3) is 0 Å². The Morgan fingerprint density at radius 2 is 2.26 bits per heavy atom. The molecule has 2 heterocycles. The number of carbonyl (C=O) groups is 1. The molecule has 1 aliphatic heterocycles. The monoisotopic (exact) mass is 266 g/mol. The van der Waals surface area contributed by atoms with E-state index in [2.05, 4.69) is 15.4 Å². The average Bonchev–Trinajstić information content (AvgIpc) is 2.80. The van der Waals surface area contributed by atoms with Gasteiger partial charge in [-0.1, -0.05) is 19.0 Å². The Labute approximate surface area is 113 Å². The second kappa shape index (κ2) is 6.16. The number of anilines is 1. The number of nitrogens with zero attached hydrogens (tertiary/aromatic N) is 2. The molecule has 3 N–H and O–H groups in total. The number of hydrogen-bond donors (Lipinski definition) is 2. The van der Waals surface area contributed by atoms with Crippen LogP contribution in [0.5, 0.6) is 0 Å². The van der Waals surface area contributed by atoms with Gasteiger partial charge in [-0.25, -0.2) is 0 Å². The molecule has 0 aliphatic carbocycles. The fourth-order valence-corrected chi connectivity index (χ4v) is 2.11. The van der Waals surface area contributed by atoms with Crippen LogP contribution in [-0.2, 0) is 4.79 Å². The second-order valence-corrected chi connectivity index (χ2v) is 5.43. The van der Waals surface area contributed by atoms with E-state index in [0.717, 1.165) is 31.6 Å². The predicted octanol–water partition coefficient (Wildman–Crippen LogP) is 1.16. The molecular weight excluding hydrogens is 244 g/mol. The van der Waals surface area contributed by atoms with Crippen molar-refractivity contribution >= 4 is 11.8 Å². The van der Waals surface area contributed by atoms with Gasteiger partial charge in [0.05, 0.1) is 12.2 Å². The number of carbonyl (C=O) groups excluding carboxylic acids is 1. The van der Waals surface area contributed by atoms with Crippen LogP contribution in [0.3, 0.4) is 0 Å². The van der Waals surface area contributed by atoms with E-state index in [4.69, 9.17) is 10.3 Å². The molecule has 0 atom stereocenters. The zero-order valence-electron chi connectivity index (χ0n) is 11.6. The van der Waals surface area contributed by atoms with E-state index in [1.54, 1.807) is 6.07 Å². The van der Waals surface area contributed by atoms with Gasteiger partial charge in [-0.3, -0.25) is 15.0 Å². The van der Waals surface area contributed by atoms with E-state index in [9.17, 15) is 4.79 Å². The largest absolute Gasteiger partial charge is 0.338 e. The van der Waals surface area contributed by atoms with Crippen LogP contribution < -0.4 is 11.1 Å².